The lowest BCUT2D eigenvalue weighted by Gasteiger charge is -2.01. The van der Waals surface area contributed by atoms with Gasteiger partial charge in [-0.2, -0.15) is 5.26 Å². The highest BCUT2D eigenvalue weighted by molar-refractivity contribution is 9.10. The SMILES string of the molecule is COCc1[nH]n(-c2cccc(C#N)c2)c(=O)c1Br. The minimum absolute atomic E-state index is 0.211. The first-order valence-corrected chi connectivity index (χ1v) is 5.95. The Morgan fingerprint density at radius 3 is 3.00 bits per heavy atom. The van der Waals surface area contributed by atoms with Crippen LogP contribution in [0.25, 0.3) is 5.69 Å². The van der Waals surface area contributed by atoms with E-state index in [4.69, 9.17) is 10.00 Å². The van der Waals surface area contributed by atoms with Crippen molar-refractivity contribution in [3.05, 3.63) is 50.3 Å². The molecular weight excluding hydrogens is 298 g/mol. The number of aromatic amines is 1. The third-order valence-corrected chi connectivity index (χ3v) is 3.24. The van der Waals surface area contributed by atoms with Gasteiger partial charge in [-0.05, 0) is 34.1 Å². The van der Waals surface area contributed by atoms with Gasteiger partial charge in [0.05, 0.1) is 29.6 Å². The number of rotatable bonds is 3. The van der Waals surface area contributed by atoms with Crippen LogP contribution in [-0.4, -0.2) is 16.9 Å². The van der Waals surface area contributed by atoms with Gasteiger partial charge in [0.25, 0.3) is 5.56 Å². The Morgan fingerprint density at radius 2 is 2.33 bits per heavy atom. The minimum atomic E-state index is -0.211. The number of hydrogen-bond acceptors (Lipinski definition) is 3. The monoisotopic (exact) mass is 307 g/mol. The maximum absolute atomic E-state index is 12.0. The van der Waals surface area contributed by atoms with E-state index in [-0.39, 0.29) is 5.56 Å². The second-order valence-electron chi connectivity index (χ2n) is 3.64. The van der Waals surface area contributed by atoms with E-state index in [9.17, 15) is 4.79 Å². The van der Waals surface area contributed by atoms with E-state index >= 15 is 0 Å². The van der Waals surface area contributed by atoms with E-state index < -0.39 is 0 Å². The van der Waals surface area contributed by atoms with Crippen molar-refractivity contribution in [2.24, 2.45) is 0 Å². The number of ether oxygens (including phenoxy) is 1. The van der Waals surface area contributed by atoms with E-state index in [0.717, 1.165) is 0 Å². The maximum atomic E-state index is 12.0. The van der Waals surface area contributed by atoms with Crippen LogP contribution in [0.5, 0.6) is 0 Å². The van der Waals surface area contributed by atoms with Gasteiger partial charge in [0, 0.05) is 7.11 Å². The Balaban J connectivity index is 2.54. The van der Waals surface area contributed by atoms with Crippen molar-refractivity contribution in [1.82, 2.24) is 9.78 Å². The molecule has 0 aliphatic rings. The Kier molecular flexibility index (Phi) is 3.65. The fourth-order valence-corrected chi connectivity index (χ4v) is 1.98. The fourth-order valence-electron chi connectivity index (χ4n) is 1.60. The van der Waals surface area contributed by atoms with Crippen molar-refractivity contribution in [2.75, 3.05) is 7.11 Å². The predicted octanol–water partition coefficient (Wildman–Crippen LogP) is 1.95. The molecule has 0 unspecified atom stereocenters. The number of hydrogen-bond donors (Lipinski definition) is 1. The first-order chi connectivity index (χ1) is 8.67. The molecule has 18 heavy (non-hydrogen) atoms. The van der Waals surface area contributed by atoms with Crippen LogP contribution in [0, 0.1) is 11.3 Å². The lowest BCUT2D eigenvalue weighted by Crippen LogP contribution is -2.14. The molecule has 0 atom stereocenters. The first-order valence-electron chi connectivity index (χ1n) is 5.16. The zero-order valence-electron chi connectivity index (χ0n) is 9.61. The van der Waals surface area contributed by atoms with E-state index in [1.807, 2.05) is 6.07 Å². The van der Waals surface area contributed by atoms with Crippen molar-refractivity contribution in [3.63, 3.8) is 0 Å². The van der Waals surface area contributed by atoms with Crippen LogP contribution in [0.2, 0.25) is 0 Å². The topological polar surface area (TPSA) is 70.8 Å². The molecule has 0 radical (unpaired) electrons. The molecule has 0 aliphatic heterocycles. The highest BCUT2D eigenvalue weighted by Crippen LogP contribution is 2.14. The maximum Gasteiger partial charge on any atom is 0.285 e. The summed E-state index contributed by atoms with van der Waals surface area (Å²) < 4.78 is 6.80. The van der Waals surface area contributed by atoms with Crippen LogP contribution in [0.3, 0.4) is 0 Å². The van der Waals surface area contributed by atoms with E-state index in [2.05, 4.69) is 21.0 Å². The van der Waals surface area contributed by atoms with Gasteiger partial charge in [0.2, 0.25) is 0 Å². The second-order valence-corrected chi connectivity index (χ2v) is 4.43. The average molecular weight is 308 g/mol. The Labute approximate surface area is 112 Å². The molecule has 5 nitrogen and oxygen atoms in total. The van der Waals surface area contributed by atoms with Gasteiger partial charge < -0.3 is 4.74 Å². The smallest absolute Gasteiger partial charge is 0.285 e. The number of nitriles is 1. The van der Waals surface area contributed by atoms with Gasteiger partial charge in [0.1, 0.15) is 4.47 Å². The van der Waals surface area contributed by atoms with Crippen LogP contribution in [0.15, 0.2) is 33.5 Å². The minimum Gasteiger partial charge on any atom is -0.378 e. The molecule has 1 heterocycles. The summed E-state index contributed by atoms with van der Waals surface area (Å²) in [5, 5.41) is 11.8. The molecule has 0 saturated carbocycles. The number of aromatic nitrogens is 2. The van der Waals surface area contributed by atoms with E-state index in [0.29, 0.717) is 28.0 Å². The summed E-state index contributed by atoms with van der Waals surface area (Å²) in [6.45, 7) is 0.306. The molecular formula is C12H10BrN3O2. The predicted molar refractivity (Wildman–Crippen MR) is 69.5 cm³/mol. The normalized spacial score (nSPS) is 10.3. The van der Waals surface area contributed by atoms with Gasteiger partial charge in [-0.3, -0.25) is 9.89 Å². The van der Waals surface area contributed by atoms with Crippen LogP contribution >= 0.6 is 15.9 Å². The van der Waals surface area contributed by atoms with Crippen molar-refractivity contribution in [3.8, 4) is 11.8 Å². The first kappa shape index (κ1) is 12.6. The van der Waals surface area contributed by atoms with Crippen molar-refractivity contribution in [1.29, 1.82) is 5.26 Å². The number of nitrogens with zero attached hydrogens (tertiary/aromatic N) is 2. The lowest BCUT2D eigenvalue weighted by atomic mass is 10.2. The number of methoxy groups -OCH3 is 1. The summed E-state index contributed by atoms with van der Waals surface area (Å²) >= 11 is 3.23. The van der Waals surface area contributed by atoms with Crippen LogP contribution < -0.4 is 5.56 Å². The van der Waals surface area contributed by atoms with E-state index in [1.165, 1.54) is 4.68 Å². The van der Waals surface area contributed by atoms with Gasteiger partial charge in [-0.15, -0.1) is 0 Å². The second kappa shape index (κ2) is 5.21. The van der Waals surface area contributed by atoms with Crippen molar-refractivity contribution >= 4 is 15.9 Å². The summed E-state index contributed by atoms with van der Waals surface area (Å²) in [6, 6.07) is 8.84. The van der Waals surface area contributed by atoms with Crippen LogP contribution in [0.4, 0.5) is 0 Å². The summed E-state index contributed by atoms with van der Waals surface area (Å²) in [6.07, 6.45) is 0. The van der Waals surface area contributed by atoms with Gasteiger partial charge in [0.15, 0.2) is 0 Å². The van der Waals surface area contributed by atoms with Gasteiger partial charge in [-0.1, -0.05) is 6.07 Å². The third kappa shape index (κ3) is 2.23. The highest BCUT2D eigenvalue weighted by Gasteiger charge is 2.12. The molecule has 1 N–H and O–H groups in total. The Morgan fingerprint density at radius 1 is 1.56 bits per heavy atom. The number of benzene rings is 1. The molecule has 92 valence electrons. The standard InChI is InChI=1S/C12H10BrN3O2/c1-18-7-10-11(13)12(17)16(15-10)9-4-2-3-8(5-9)6-14/h2-5,15H,7H2,1H3. The zero-order chi connectivity index (χ0) is 13.1. The number of nitrogens with one attached hydrogen (secondary N) is 1. The molecule has 0 fully saturated rings. The van der Waals surface area contributed by atoms with Gasteiger partial charge in [-0.25, -0.2) is 4.68 Å². The van der Waals surface area contributed by atoms with Crippen molar-refractivity contribution < 1.29 is 4.74 Å². The third-order valence-electron chi connectivity index (χ3n) is 2.42. The molecule has 1 aromatic heterocycles. The molecule has 0 spiro atoms. The Bertz CT molecular complexity index is 667. The summed E-state index contributed by atoms with van der Waals surface area (Å²) in [4.78, 5) is 12.0. The number of halogens is 1. The summed E-state index contributed by atoms with van der Waals surface area (Å²) in [7, 11) is 1.55. The molecule has 0 bridgehead atoms. The molecule has 0 amide bonds. The average Bonchev–Trinajstić information content (AvgIpc) is 2.68. The lowest BCUT2D eigenvalue weighted by molar-refractivity contribution is 0.180. The molecule has 2 aromatic rings. The molecule has 1 aromatic carbocycles. The van der Waals surface area contributed by atoms with Crippen LogP contribution in [-0.2, 0) is 11.3 Å². The molecule has 0 saturated heterocycles. The quantitative estimate of drug-likeness (QED) is 0.942. The number of H-pyrrole nitrogens is 1. The molecule has 2 rings (SSSR count). The largest absolute Gasteiger partial charge is 0.378 e. The van der Waals surface area contributed by atoms with E-state index in [1.54, 1.807) is 31.4 Å². The fraction of sp³-hybridized carbons (Fsp3) is 0.167. The molecule has 0 aliphatic carbocycles. The molecule has 6 heteroatoms. The van der Waals surface area contributed by atoms with Crippen molar-refractivity contribution in [2.45, 2.75) is 6.61 Å². The summed E-state index contributed by atoms with van der Waals surface area (Å²) in [5.41, 5.74) is 1.56. The Hall–Kier alpha value is -1.84. The highest BCUT2D eigenvalue weighted by atomic mass is 79.9. The zero-order valence-corrected chi connectivity index (χ0v) is 11.2. The van der Waals surface area contributed by atoms with Gasteiger partial charge >= 0.3 is 0 Å². The summed E-state index contributed by atoms with van der Waals surface area (Å²) in [5.74, 6) is 0. The van der Waals surface area contributed by atoms with Crippen LogP contribution in [0.1, 0.15) is 11.3 Å².